The second-order valence-electron chi connectivity index (χ2n) is 7.60. The molecule has 4 rings (SSSR count). The molecule has 0 spiro atoms. The van der Waals surface area contributed by atoms with E-state index in [2.05, 4.69) is 61.7 Å². The van der Waals surface area contributed by atoms with Crippen LogP contribution in [-0.4, -0.2) is 22.6 Å². The first-order chi connectivity index (χ1) is 12.4. The second-order valence-corrected chi connectivity index (χ2v) is 7.60. The Balaban J connectivity index is 1.90. The third-order valence-electron chi connectivity index (χ3n) is 5.65. The van der Waals surface area contributed by atoms with Gasteiger partial charge in [0.1, 0.15) is 5.82 Å². The van der Waals surface area contributed by atoms with Gasteiger partial charge in [-0.2, -0.15) is 0 Å². The Labute approximate surface area is 154 Å². The first-order valence-corrected chi connectivity index (χ1v) is 9.21. The summed E-state index contributed by atoms with van der Waals surface area (Å²) in [5.74, 6) is -0.197. The molecule has 2 heterocycles. The number of hydrogen-bond donors (Lipinski definition) is 0. The van der Waals surface area contributed by atoms with Crippen molar-refractivity contribution in [2.75, 3.05) is 7.05 Å². The van der Waals surface area contributed by atoms with Gasteiger partial charge in [-0.1, -0.05) is 23.8 Å². The molecule has 0 saturated heterocycles. The van der Waals surface area contributed by atoms with Gasteiger partial charge in [0.2, 0.25) is 0 Å². The van der Waals surface area contributed by atoms with E-state index in [9.17, 15) is 4.39 Å². The molecule has 1 atom stereocenters. The summed E-state index contributed by atoms with van der Waals surface area (Å²) in [5, 5.41) is 1.35. The molecule has 134 valence electrons. The lowest BCUT2D eigenvalue weighted by Crippen LogP contribution is -2.35. The van der Waals surface area contributed by atoms with Crippen molar-refractivity contribution in [2.45, 2.75) is 39.8 Å². The molecule has 0 bridgehead atoms. The number of halogens is 1. The number of likely N-dealkylation sites (N-methyl/N-ethyl adjacent to an activating group) is 1. The van der Waals surface area contributed by atoms with Crippen molar-refractivity contribution in [3.05, 3.63) is 70.7 Å². The molecule has 1 unspecified atom stereocenters. The van der Waals surface area contributed by atoms with E-state index < -0.39 is 0 Å². The maximum absolute atomic E-state index is 13.2. The summed E-state index contributed by atoms with van der Waals surface area (Å²) in [4.78, 5) is 2.42. The number of hydrogen-bond acceptors (Lipinski definition) is 1. The van der Waals surface area contributed by atoms with Crippen LogP contribution < -0.4 is 0 Å². The van der Waals surface area contributed by atoms with Gasteiger partial charge in [-0.15, -0.1) is 0 Å². The van der Waals surface area contributed by atoms with Gasteiger partial charge in [0.05, 0.1) is 5.52 Å². The van der Waals surface area contributed by atoms with Gasteiger partial charge in [-0.3, -0.25) is 4.90 Å². The Kier molecular flexibility index (Phi) is 4.20. The average Bonchev–Trinajstić information content (AvgIpc) is 2.88. The quantitative estimate of drug-likeness (QED) is 0.595. The zero-order valence-corrected chi connectivity index (χ0v) is 15.9. The Hall–Kier alpha value is -2.39. The van der Waals surface area contributed by atoms with E-state index in [0.717, 1.165) is 24.1 Å². The molecular weight excluding hydrogens is 323 g/mol. The smallest absolute Gasteiger partial charge is 0.123 e. The largest absolute Gasteiger partial charge is 0.320 e. The molecule has 3 heteroatoms. The maximum atomic E-state index is 13.2. The van der Waals surface area contributed by atoms with Gasteiger partial charge >= 0.3 is 0 Å². The number of aromatic nitrogens is 1. The minimum absolute atomic E-state index is 0.197. The van der Waals surface area contributed by atoms with E-state index in [4.69, 9.17) is 0 Å². The van der Waals surface area contributed by atoms with Crippen molar-refractivity contribution in [1.29, 1.82) is 0 Å². The number of allylic oxidation sites excluding steroid dienone is 1. The summed E-state index contributed by atoms with van der Waals surface area (Å²) in [5.41, 5.74) is 7.57. The van der Waals surface area contributed by atoms with Crippen LogP contribution in [0.15, 0.2) is 42.5 Å². The summed E-state index contributed by atoms with van der Waals surface area (Å²) in [6, 6.07) is 14.0. The van der Waals surface area contributed by atoms with Crippen molar-refractivity contribution in [1.82, 2.24) is 9.47 Å². The van der Waals surface area contributed by atoms with Gasteiger partial charge in [0.25, 0.3) is 0 Å². The molecule has 0 amide bonds. The van der Waals surface area contributed by atoms with Crippen LogP contribution in [0.1, 0.15) is 36.2 Å². The summed E-state index contributed by atoms with van der Waals surface area (Å²) in [6.45, 7) is 7.51. The van der Waals surface area contributed by atoms with Gasteiger partial charge in [-0.05, 0) is 68.8 Å². The number of fused-ring (bicyclic) bond motifs is 3. The van der Waals surface area contributed by atoms with Crippen LogP contribution in [-0.2, 0) is 13.0 Å². The molecule has 0 radical (unpaired) electrons. The van der Waals surface area contributed by atoms with Crippen molar-refractivity contribution in [2.24, 2.45) is 0 Å². The molecule has 2 aromatic carbocycles. The van der Waals surface area contributed by atoms with Gasteiger partial charge in [0, 0.05) is 36.3 Å². The lowest BCUT2D eigenvalue weighted by atomic mass is 9.99. The van der Waals surface area contributed by atoms with Gasteiger partial charge < -0.3 is 4.57 Å². The van der Waals surface area contributed by atoms with Crippen molar-refractivity contribution < 1.29 is 4.39 Å². The average molecular weight is 348 g/mol. The molecule has 26 heavy (non-hydrogen) atoms. The van der Waals surface area contributed by atoms with Crippen LogP contribution in [0, 0.1) is 12.7 Å². The molecule has 3 aromatic rings. The molecule has 0 aliphatic carbocycles. The van der Waals surface area contributed by atoms with Crippen LogP contribution in [0.4, 0.5) is 4.39 Å². The van der Waals surface area contributed by atoms with E-state index in [-0.39, 0.29) is 5.82 Å². The zero-order chi connectivity index (χ0) is 18.4. The Bertz CT molecular complexity index is 995. The SMILES string of the molecule is C/C(=C\n1c2c(c3cc(C)ccc31)CN(C)C(C)C2)c1ccc(F)cc1. The van der Waals surface area contributed by atoms with Crippen LogP contribution in [0.5, 0.6) is 0 Å². The molecule has 1 aliphatic heterocycles. The molecule has 0 saturated carbocycles. The normalized spacial score (nSPS) is 18.3. The summed E-state index contributed by atoms with van der Waals surface area (Å²) >= 11 is 0. The van der Waals surface area contributed by atoms with E-state index in [1.807, 2.05) is 12.1 Å². The Morgan fingerprint density at radius 3 is 2.62 bits per heavy atom. The monoisotopic (exact) mass is 348 g/mol. The van der Waals surface area contributed by atoms with E-state index >= 15 is 0 Å². The standard InChI is InChI=1S/C23H25FN2/c1-15-5-10-22-20(11-15)21-14-25(4)17(3)12-23(21)26(22)13-16(2)18-6-8-19(24)9-7-18/h5-11,13,17H,12,14H2,1-4H3/b16-13+. The molecule has 1 aromatic heterocycles. The third-order valence-corrected chi connectivity index (χ3v) is 5.65. The van der Waals surface area contributed by atoms with Crippen LogP contribution >= 0.6 is 0 Å². The van der Waals surface area contributed by atoms with E-state index in [0.29, 0.717) is 6.04 Å². The summed E-state index contributed by atoms with van der Waals surface area (Å²) in [6.07, 6.45) is 3.24. The van der Waals surface area contributed by atoms with Gasteiger partial charge in [-0.25, -0.2) is 4.39 Å². The van der Waals surface area contributed by atoms with Crippen LogP contribution in [0.3, 0.4) is 0 Å². The van der Waals surface area contributed by atoms with Crippen LogP contribution in [0.2, 0.25) is 0 Å². The third kappa shape index (κ3) is 2.86. The molecular formula is C23H25FN2. The molecule has 2 nitrogen and oxygen atoms in total. The lowest BCUT2D eigenvalue weighted by Gasteiger charge is -2.30. The minimum Gasteiger partial charge on any atom is -0.320 e. The highest BCUT2D eigenvalue weighted by Gasteiger charge is 2.26. The number of aryl methyl sites for hydroxylation is 1. The molecule has 0 fully saturated rings. The predicted molar refractivity (Wildman–Crippen MR) is 108 cm³/mol. The minimum atomic E-state index is -0.197. The van der Waals surface area contributed by atoms with Crippen molar-refractivity contribution in [3.8, 4) is 0 Å². The lowest BCUT2D eigenvalue weighted by molar-refractivity contribution is 0.230. The number of rotatable bonds is 2. The van der Waals surface area contributed by atoms with Gasteiger partial charge in [0.15, 0.2) is 0 Å². The maximum Gasteiger partial charge on any atom is 0.123 e. The number of benzene rings is 2. The fraction of sp³-hybridized carbons (Fsp3) is 0.304. The Morgan fingerprint density at radius 1 is 1.15 bits per heavy atom. The second kappa shape index (κ2) is 6.40. The highest BCUT2D eigenvalue weighted by atomic mass is 19.1. The predicted octanol–water partition coefficient (Wildman–Crippen LogP) is 5.48. The first-order valence-electron chi connectivity index (χ1n) is 9.21. The van der Waals surface area contributed by atoms with E-state index in [1.165, 1.54) is 39.9 Å². The fourth-order valence-corrected chi connectivity index (χ4v) is 3.92. The fourth-order valence-electron chi connectivity index (χ4n) is 3.92. The van der Waals surface area contributed by atoms with Crippen LogP contribution in [0.25, 0.3) is 22.7 Å². The molecule has 1 aliphatic rings. The topological polar surface area (TPSA) is 8.17 Å². The highest BCUT2D eigenvalue weighted by molar-refractivity contribution is 5.90. The number of nitrogens with zero attached hydrogens (tertiary/aromatic N) is 2. The van der Waals surface area contributed by atoms with E-state index in [1.54, 1.807) is 0 Å². The van der Waals surface area contributed by atoms with Crippen molar-refractivity contribution >= 4 is 22.7 Å². The van der Waals surface area contributed by atoms with Crippen molar-refractivity contribution in [3.63, 3.8) is 0 Å². The summed E-state index contributed by atoms with van der Waals surface area (Å²) in [7, 11) is 2.20. The highest BCUT2D eigenvalue weighted by Crippen LogP contribution is 2.34. The Morgan fingerprint density at radius 2 is 1.88 bits per heavy atom. The zero-order valence-electron chi connectivity index (χ0n) is 15.9. The summed E-state index contributed by atoms with van der Waals surface area (Å²) < 4.78 is 15.6. The first kappa shape index (κ1) is 17.0. The molecule has 0 N–H and O–H groups in total.